The van der Waals surface area contributed by atoms with Crippen molar-refractivity contribution in [3.63, 3.8) is 0 Å². The van der Waals surface area contributed by atoms with Crippen molar-refractivity contribution in [3.05, 3.63) is 105 Å². The van der Waals surface area contributed by atoms with Crippen molar-refractivity contribution in [2.45, 2.75) is 20.0 Å². The lowest BCUT2D eigenvalue weighted by atomic mass is 10.1. The van der Waals surface area contributed by atoms with Gasteiger partial charge < -0.3 is 8.83 Å². The van der Waals surface area contributed by atoms with E-state index in [9.17, 15) is 9.59 Å². The summed E-state index contributed by atoms with van der Waals surface area (Å²) >= 11 is 0. The highest BCUT2D eigenvalue weighted by Crippen LogP contribution is 2.26. The average Bonchev–Trinajstić information content (AvgIpc) is 3.38. The van der Waals surface area contributed by atoms with Crippen molar-refractivity contribution in [2.75, 3.05) is 0 Å². The molecule has 5 aromatic rings. The molecule has 3 heterocycles. The lowest BCUT2D eigenvalue weighted by Gasteiger charge is -2.11. The minimum absolute atomic E-state index is 0.0472. The van der Waals surface area contributed by atoms with E-state index in [0.29, 0.717) is 23.4 Å². The molecule has 3 aromatic heterocycles. The Balaban J connectivity index is 1.81. The number of furan rings is 2. The number of hydrogen-bond donors (Lipinski definition) is 0. The van der Waals surface area contributed by atoms with Gasteiger partial charge in [0.25, 0.3) is 5.56 Å². The van der Waals surface area contributed by atoms with E-state index in [2.05, 4.69) is 0 Å². The number of aryl methyl sites for hydroxylation is 1. The SMILES string of the molecule is Cc1ccc(Cn2c(=O)n(Cc3ccco3)c(=O)c3oc4ccccc4c32)cc1. The van der Waals surface area contributed by atoms with E-state index >= 15 is 0 Å². The summed E-state index contributed by atoms with van der Waals surface area (Å²) < 4.78 is 14.0. The molecule has 6 nitrogen and oxygen atoms in total. The lowest BCUT2D eigenvalue weighted by Crippen LogP contribution is -2.40. The zero-order valence-electron chi connectivity index (χ0n) is 15.8. The van der Waals surface area contributed by atoms with Crippen LogP contribution in [0.2, 0.25) is 0 Å². The topological polar surface area (TPSA) is 70.3 Å². The Hall–Kier alpha value is -3.80. The van der Waals surface area contributed by atoms with Crippen LogP contribution in [0, 0.1) is 6.92 Å². The predicted octanol–water partition coefficient (Wildman–Crippen LogP) is 3.91. The third-order valence-electron chi connectivity index (χ3n) is 5.10. The molecule has 0 radical (unpaired) electrons. The van der Waals surface area contributed by atoms with Crippen LogP contribution in [0.4, 0.5) is 0 Å². The summed E-state index contributed by atoms with van der Waals surface area (Å²) in [7, 11) is 0. The standard InChI is InChI=1S/C23H18N2O4/c1-15-8-10-16(11-9-15)13-24-20-18-6-2-3-7-19(18)29-21(20)22(26)25(23(24)27)14-17-5-4-12-28-17/h2-12H,13-14H2,1H3. The fourth-order valence-electron chi connectivity index (χ4n) is 3.62. The number of benzene rings is 2. The molecule has 2 aromatic carbocycles. The second-order valence-corrected chi connectivity index (χ2v) is 7.10. The summed E-state index contributed by atoms with van der Waals surface area (Å²) in [6.45, 7) is 2.39. The van der Waals surface area contributed by atoms with Crippen LogP contribution in [0.15, 0.2) is 85.4 Å². The summed E-state index contributed by atoms with van der Waals surface area (Å²) in [4.78, 5) is 26.5. The highest BCUT2D eigenvalue weighted by molar-refractivity contribution is 6.02. The Morgan fingerprint density at radius 1 is 0.862 bits per heavy atom. The largest absolute Gasteiger partial charge is 0.467 e. The third-order valence-corrected chi connectivity index (χ3v) is 5.10. The highest BCUT2D eigenvalue weighted by atomic mass is 16.3. The fraction of sp³-hybridized carbons (Fsp3) is 0.130. The monoisotopic (exact) mass is 386 g/mol. The van der Waals surface area contributed by atoms with Crippen LogP contribution in [-0.4, -0.2) is 9.13 Å². The molecule has 0 atom stereocenters. The minimum atomic E-state index is -0.460. The molecule has 0 spiro atoms. The Kier molecular flexibility index (Phi) is 3.98. The van der Waals surface area contributed by atoms with Gasteiger partial charge >= 0.3 is 5.69 Å². The van der Waals surface area contributed by atoms with E-state index in [1.807, 2.05) is 49.4 Å². The van der Waals surface area contributed by atoms with Gasteiger partial charge in [0.1, 0.15) is 16.9 Å². The van der Waals surface area contributed by atoms with Crippen molar-refractivity contribution in [1.82, 2.24) is 9.13 Å². The third kappa shape index (κ3) is 2.89. The second-order valence-electron chi connectivity index (χ2n) is 7.10. The van der Waals surface area contributed by atoms with Gasteiger partial charge in [-0.1, -0.05) is 42.0 Å². The van der Waals surface area contributed by atoms with E-state index in [1.165, 1.54) is 6.26 Å². The minimum Gasteiger partial charge on any atom is -0.467 e. The molecule has 0 fully saturated rings. The van der Waals surface area contributed by atoms with Crippen molar-refractivity contribution in [1.29, 1.82) is 0 Å². The molecule has 0 saturated heterocycles. The van der Waals surface area contributed by atoms with Gasteiger partial charge in [0.15, 0.2) is 0 Å². The molecular formula is C23H18N2O4. The number of para-hydroxylation sites is 1. The number of fused-ring (bicyclic) bond motifs is 3. The summed E-state index contributed by atoms with van der Waals surface area (Å²) in [5.41, 5.74) is 2.52. The van der Waals surface area contributed by atoms with Crippen molar-refractivity contribution >= 4 is 22.1 Å². The molecule has 0 aliphatic rings. The molecule has 144 valence electrons. The maximum atomic E-state index is 13.4. The molecule has 0 aliphatic heterocycles. The maximum Gasteiger partial charge on any atom is 0.332 e. The Labute approximate surface area is 165 Å². The first kappa shape index (κ1) is 17.3. The number of nitrogens with zero attached hydrogens (tertiary/aromatic N) is 2. The van der Waals surface area contributed by atoms with E-state index in [4.69, 9.17) is 8.83 Å². The number of hydrogen-bond acceptors (Lipinski definition) is 4. The fourth-order valence-corrected chi connectivity index (χ4v) is 3.62. The van der Waals surface area contributed by atoms with Gasteiger partial charge in [-0.25, -0.2) is 9.36 Å². The second kappa shape index (κ2) is 6.67. The van der Waals surface area contributed by atoms with E-state index < -0.39 is 11.2 Å². The van der Waals surface area contributed by atoms with Gasteiger partial charge in [-0.2, -0.15) is 0 Å². The Morgan fingerprint density at radius 2 is 1.66 bits per heavy atom. The van der Waals surface area contributed by atoms with Crippen molar-refractivity contribution in [2.24, 2.45) is 0 Å². The van der Waals surface area contributed by atoms with Gasteiger partial charge in [-0.05, 0) is 36.8 Å². The van der Waals surface area contributed by atoms with Crippen molar-refractivity contribution in [3.8, 4) is 0 Å². The number of rotatable bonds is 4. The van der Waals surface area contributed by atoms with Gasteiger partial charge in [-0.15, -0.1) is 0 Å². The quantitative estimate of drug-likeness (QED) is 0.470. The molecule has 0 unspecified atom stereocenters. The Morgan fingerprint density at radius 3 is 2.41 bits per heavy atom. The molecule has 6 heteroatoms. The lowest BCUT2D eigenvalue weighted by molar-refractivity contribution is 0.477. The van der Waals surface area contributed by atoms with Crippen LogP contribution in [0.3, 0.4) is 0 Å². The van der Waals surface area contributed by atoms with E-state index in [0.717, 1.165) is 21.1 Å². The highest BCUT2D eigenvalue weighted by Gasteiger charge is 2.20. The van der Waals surface area contributed by atoms with Gasteiger partial charge in [0, 0.05) is 5.39 Å². The van der Waals surface area contributed by atoms with Gasteiger partial charge in [0.05, 0.1) is 19.4 Å². The first-order valence-corrected chi connectivity index (χ1v) is 9.34. The summed E-state index contributed by atoms with van der Waals surface area (Å²) in [5, 5.41) is 0.744. The average molecular weight is 386 g/mol. The predicted molar refractivity (Wildman–Crippen MR) is 110 cm³/mol. The van der Waals surface area contributed by atoms with Crippen molar-refractivity contribution < 1.29 is 8.83 Å². The zero-order chi connectivity index (χ0) is 20.0. The molecule has 0 amide bonds. The molecule has 0 saturated carbocycles. The zero-order valence-corrected chi connectivity index (χ0v) is 15.8. The molecule has 29 heavy (non-hydrogen) atoms. The molecular weight excluding hydrogens is 368 g/mol. The maximum absolute atomic E-state index is 13.4. The summed E-state index contributed by atoms with van der Waals surface area (Å²) in [6, 6.07) is 18.8. The van der Waals surface area contributed by atoms with E-state index in [1.54, 1.807) is 22.8 Å². The molecule has 0 bridgehead atoms. The first-order valence-electron chi connectivity index (χ1n) is 9.34. The van der Waals surface area contributed by atoms with Crippen LogP contribution in [0.5, 0.6) is 0 Å². The molecule has 0 aliphatic carbocycles. The van der Waals surface area contributed by atoms with Crippen LogP contribution in [-0.2, 0) is 13.1 Å². The van der Waals surface area contributed by atoms with Gasteiger partial charge in [0.2, 0.25) is 5.58 Å². The normalized spacial score (nSPS) is 11.5. The summed E-state index contributed by atoms with van der Waals surface area (Å²) in [5.74, 6) is 0.529. The molecule has 0 N–H and O–H groups in total. The van der Waals surface area contributed by atoms with Crippen LogP contribution in [0.1, 0.15) is 16.9 Å². The van der Waals surface area contributed by atoms with E-state index in [-0.39, 0.29) is 12.1 Å². The molecule has 5 rings (SSSR count). The first-order chi connectivity index (χ1) is 14.1. The van der Waals surface area contributed by atoms with Crippen LogP contribution in [0.25, 0.3) is 22.1 Å². The number of aromatic nitrogens is 2. The van der Waals surface area contributed by atoms with Gasteiger partial charge in [-0.3, -0.25) is 9.36 Å². The van der Waals surface area contributed by atoms with Crippen LogP contribution >= 0.6 is 0 Å². The summed E-state index contributed by atoms with van der Waals surface area (Å²) in [6.07, 6.45) is 1.52. The Bertz CT molecular complexity index is 1440. The van der Waals surface area contributed by atoms with Crippen LogP contribution < -0.4 is 11.2 Å². The smallest absolute Gasteiger partial charge is 0.332 e.